The highest BCUT2D eigenvalue weighted by atomic mass is 35.5. The second kappa shape index (κ2) is 5.85. The maximum absolute atomic E-state index is 12.4. The molecule has 1 aliphatic rings. The number of anilines is 1. The molecule has 0 saturated heterocycles. The van der Waals surface area contributed by atoms with E-state index in [4.69, 9.17) is 16.3 Å². The van der Waals surface area contributed by atoms with Gasteiger partial charge in [0.05, 0.1) is 5.57 Å². The fourth-order valence-corrected chi connectivity index (χ4v) is 2.53. The van der Waals surface area contributed by atoms with Gasteiger partial charge < -0.3 is 10.1 Å². The van der Waals surface area contributed by atoms with Crippen molar-refractivity contribution in [3.8, 4) is 5.75 Å². The van der Waals surface area contributed by atoms with Gasteiger partial charge in [-0.3, -0.25) is 4.79 Å². The second-order valence-corrected chi connectivity index (χ2v) is 5.85. The first-order valence-electron chi connectivity index (χ1n) is 7.04. The summed E-state index contributed by atoms with van der Waals surface area (Å²) in [5.41, 5.74) is 4.36. The van der Waals surface area contributed by atoms with Crippen LogP contribution in [0.3, 0.4) is 0 Å². The number of amides is 1. The van der Waals surface area contributed by atoms with Gasteiger partial charge in [-0.25, -0.2) is 0 Å². The highest BCUT2D eigenvalue weighted by Crippen LogP contribution is 2.29. The van der Waals surface area contributed by atoms with Crippen molar-refractivity contribution in [2.24, 2.45) is 0 Å². The van der Waals surface area contributed by atoms with Crippen LogP contribution in [-0.4, -0.2) is 12.5 Å². The van der Waals surface area contributed by atoms with E-state index in [0.717, 1.165) is 28.1 Å². The molecule has 2 aromatic rings. The first-order valence-corrected chi connectivity index (χ1v) is 7.42. The van der Waals surface area contributed by atoms with Gasteiger partial charge in [0, 0.05) is 16.3 Å². The van der Waals surface area contributed by atoms with E-state index in [9.17, 15) is 4.79 Å². The van der Waals surface area contributed by atoms with Crippen molar-refractivity contribution in [1.82, 2.24) is 0 Å². The highest BCUT2D eigenvalue weighted by molar-refractivity contribution is 6.30. The monoisotopic (exact) mass is 313 g/mol. The molecule has 1 aliphatic heterocycles. The minimum atomic E-state index is -0.153. The molecule has 1 heterocycles. The summed E-state index contributed by atoms with van der Waals surface area (Å²) in [4.78, 5) is 12.4. The molecule has 4 heteroatoms. The minimum absolute atomic E-state index is 0.153. The fraction of sp³-hybridized carbons (Fsp3) is 0.167. The summed E-state index contributed by atoms with van der Waals surface area (Å²) >= 11 is 5.99. The van der Waals surface area contributed by atoms with E-state index in [0.29, 0.717) is 10.6 Å². The van der Waals surface area contributed by atoms with E-state index in [1.54, 1.807) is 12.1 Å². The smallest absolute Gasteiger partial charge is 0.255 e. The Morgan fingerprint density at radius 1 is 1.18 bits per heavy atom. The Hall–Kier alpha value is -2.26. The normalized spacial score (nSPS) is 13.0. The van der Waals surface area contributed by atoms with Gasteiger partial charge in [-0.15, -0.1) is 0 Å². The Morgan fingerprint density at radius 3 is 2.82 bits per heavy atom. The maximum Gasteiger partial charge on any atom is 0.255 e. The van der Waals surface area contributed by atoms with Crippen LogP contribution >= 0.6 is 11.6 Å². The molecule has 22 heavy (non-hydrogen) atoms. The zero-order valence-electron chi connectivity index (χ0n) is 12.4. The molecule has 0 saturated carbocycles. The van der Waals surface area contributed by atoms with Gasteiger partial charge >= 0.3 is 0 Å². The predicted molar refractivity (Wildman–Crippen MR) is 89.5 cm³/mol. The van der Waals surface area contributed by atoms with Crippen LogP contribution in [0.2, 0.25) is 5.02 Å². The third-order valence-corrected chi connectivity index (χ3v) is 3.85. The van der Waals surface area contributed by atoms with Gasteiger partial charge in [-0.05, 0) is 55.3 Å². The number of ether oxygens (including phenoxy) is 1. The number of benzene rings is 2. The summed E-state index contributed by atoms with van der Waals surface area (Å²) < 4.78 is 5.62. The van der Waals surface area contributed by atoms with Crippen molar-refractivity contribution in [3.05, 3.63) is 63.7 Å². The minimum Gasteiger partial charge on any atom is -0.488 e. The molecular weight excluding hydrogens is 298 g/mol. The molecule has 0 unspecified atom stereocenters. The first-order chi connectivity index (χ1) is 10.5. The van der Waals surface area contributed by atoms with Gasteiger partial charge in [0.2, 0.25) is 0 Å². The van der Waals surface area contributed by atoms with Crippen LogP contribution in [0.5, 0.6) is 5.75 Å². The Morgan fingerprint density at radius 2 is 2.00 bits per heavy atom. The largest absolute Gasteiger partial charge is 0.488 e. The lowest BCUT2D eigenvalue weighted by atomic mass is 10.1. The first kappa shape index (κ1) is 14.7. The summed E-state index contributed by atoms with van der Waals surface area (Å²) in [7, 11) is 0. The molecule has 0 spiro atoms. The van der Waals surface area contributed by atoms with Crippen LogP contribution in [0.1, 0.15) is 16.7 Å². The van der Waals surface area contributed by atoms with E-state index in [-0.39, 0.29) is 12.5 Å². The quantitative estimate of drug-likeness (QED) is 0.894. The molecule has 1 amide bonds. The molecule has 3 nitrogen and oxygen atoms in total. The number of fused-ring (bicyclic) bond motifs is 1. The molecule has 0 atom stereocenters. The van der Waals surface area contributed by atoms with Crippen LogP contribution in [0.25, 0.3) is 6.08 Å². The number of nitrogens with one attached hydrogen (secondary N) is 1. The molecule has 2 aromatic carbocycles. The lowest BCUT2D eigenvalue weighted by molar-refractivity contribution is -0.113. The van der Waals surface area contributed by atoms with Crippen LogP contribution in [-0.2, 0) is 4.79 Å². The van der Waals surface area contributed by atoms with Crippen molar-refractivity contribution in [1.29, 1.82) is 0 Å². The Balaban J connectivity index is 1.85. The third kappa shape index (κ3) is 3.00. The van der Waals surface area contributed by atoms with E-state index >= 15 is 0 Å². The van der Waals surface area contributed by atoms with E-state index in [1.165, 1.54) is 0 Å². The van der Waals surface area contributed by atoms with Crippen molar-refractivity contribution in [3.63, 3.8) is 0 Å². The lowest BCUT2D eigenvalue weighted by Gasteiger charge is -2.18. The zero-order chi connectivity index (χ0) is 15.7. The lowest BCUT2D eigenvalue weighted by Crippen LogP contribution is -2.21. The molecule has 0 aliphatic carbocycles. The Kier molecular flexibility index (Phi) is 3.90. The van der Waals surface area contributed by atoms with Gasteiger partial charge in [-0.1, -0.05) is 23.7 Å². The zero-order valence-corrected chi connectivity index (χ0v) is 13.2. The summed E-state index contributed by atoms with van der Waals surface area (Å²) in [6, 6.07) is 11.4. The van der Waals surface area contributed by atoms with E-state index < -0.39 is 0 Å². The predicted octanol–water partition coefficient (Wildman–Crippen LogP) is 4.37. The van der Waals surface area contributed by atoms with Crippen molar-refractivity contribution >= 4 is 29.3 Å². The SMILES string of the molecule is Cc1ccc(C)c(NC(=O)C2=Cc3cc(Cl)ccc3OC2)c1. The average molecular weight is 314 g/mol. The molecule has 0 aromatic heterocycles. The number of aryl methyl sites for hydroxylation is 2. The number of carbonyl (C=O) groups is 1. The molecule has 0 bridgehead atoms. The van der Waals surface area contributed by atoms with Crippen LogP contribution in [0, 0.1) is 13.8 Å². The Bertz CT molecular complexity index is 781. The number of hydrogen-bond acceptors (Lipinski definition) is 2. The Labute approximate surface area is 134 Å². The van der Waals surface area contributed by atoms with E-state index in [2.05, 4.69) is 5.32 Å². The van der Waals surface area contributed by atoms with Gasteiger partial charge in [0.15, 0.2) is 0 Å². The molecule has 112 valence electrons. The van der Waals surface area contributed by atoms with Crippen molar-refractivity contribution < 1.29 is 9.53 Å². The summed E-state index contributed by atoms with van der Waals surface area (Å²) in [6.07, 6.45) is 1.82. The van der Waals surface area contributed by atoms with Crippen LogP contribution in [0.15, 0.2) is 42.0 Å². The number of halogens is 1. The third-order valence-electron chi connectivity index (χ3n) is 3.62. The summed E-state index contributed by atoms with van der Waals surface area (Å²) in [5.74, 6) is 0.590. The average Bonchev–Trinajstić information content (AvgIpc) is 2.50. The summed E-state index contributed by atoms with van der Waals surface area (Å²) in [5, 5.41) is 3.57. The highest BCUT2D eigenvalue weighted by Gasteiger charge is 2.18. The fourth-order valence-electron chi connectivity index (χ4n) is 2.35. The second-order valence-electron chi connectivity index (χ2n) is 5.41. The van der Waals surface area contributed by atoms with E-state index in [1.807, 2.05) is 44.2 Å². The number of rotatable bonds is 2. The topological polar surface area (TPSA) is 38.3 Å². The number of hydrogen-bond donors (Lipinski definition) is 1. The van der Waals surface area contributed by atoms with Crippen molar-refractivity contribution in [2.45, 2.75) is 13.8 Å². The standard InChI is InChI=1S/C18H16ClNO2/c1-11-3-4-12(2)16(7-11)20-18(21)14-8-13-9-15(19)5-6-17(13)22-10-14/h3-9H,10H2,1-2H3,(H,20,21). The van der Waals surface area contributed by atoms with Crippen LogP contribution in [0.4, 0.5) is 5.69 Å². The van der Waals surface area contributed by atoms with Gasteiger partial charge in [0.25, 0.3) is 5.91 Å². The van der Waals surface area contributed by atoms with Gasteiger partial charge in [-0.2, -0.15) is 0 Å². The molecular formula is C18H16ClNO2. The number of carbonyl (C=O) groups excluding carboxylic acids is 1. The molecule has 0 fully saturated rings. The van der Waals surface area contributed by atoms with Crippen molar-refractivity contribution in [2.75, 3.05) is 11.9 Å². The molecule has 1 N–H and O–H groups in total. The molecule has 0 radical (unpaired) electrons. The van der Waals surface area contributed by atoms with Crippen LogP contribution < -0.4 is 10.1 Å². The summed E-state index contributed by atoms with van der Waals surface area (Å²) in [6.45, 7) is 4.22. The van der Waals surface area contributed by atoms with Gasteiger partial charge in [0.1, 0.15) is 12.4 Å². The molecule has 3 rings (SSSR count). The maximum atomic E-state index is 12.4.